The van der Waals surface area contributed by atoms with Crippen LogP contribution in [0.4, 0.5) is 17.3 Å². The van der Waals surface area contributed by atoms with E-state index >= 15 is 0 Å². The fourth-order valence-electron chi connectivity index (χ4n) is 5.61. The summed E-state index contributed by atoms with van der Waals surface area (Å²) < 4.78 is 0. The Morgan fingerprint density at radius 2 is 1.21 bits per heavy atom. The summed E-state index contributed by atoms with van der Waals surface area (Å²) in [5.74, 6) is 1.66. The number of aryl methyl sites for hydroxylation is 2. The number of nitrogens with zero attached hydrogens (tertiary/aromatic N) is 4. The lowest BCUT2D eigenvalue weighted by Crippen LogP contribution is -2.23. The molecular weight excluding hydrogens is 484 g/mol. The van der Waals surface area contributed by atoms with Crippen molar-refractivity contribution in [1.29, 1.82) is 0 Å². The molecule has 0 radical (unpaired) electrons. The van der Waals surface area contributed by atoms with Crippen molar-refractivity contribution in [3.63, 3.8) is 0 Å². The van der Waals surface area contributed by atoms with Gasteiger partial charge in [-0.25, -0.2) is 9.97 Å². The van der Waals surface area contributed by atoms with Gasteiger partial charge in [-0.05, 0) is 72.2 Å². The number of hydrogen-bond donors (Lipinski definition) is 0. The molecule has 1 aliphatic heterocycles. The molecule has 0 spiro atoms. The van der Waals surface area contributed by atoms with Gasteiger partial charge >= 0.3 is 0 Å². The van der Waals surface area contributed by atoms with Gasteiger partial charge in [0.25, 0.3) is 0 Å². The van der Waals surface area contributed by atoms with Crippen LogP contribution in [0.3, 0.4) is 0 Å². The Balaban J connectivity index is 1.40. The number of hydrogen-bond acceptors (Lipinski definition) is 6. The third-order valence-electron chi connectivity index (χ3n) is 7.56. The molecule has 7 rings (SSSR count). The highest BCUT2D eigenvalue weighted by Gasteiger charge is 2.36. The molecule has 2 heterocycles. The zero-order valence-electron chi connectivity index (χ0n) is 21.8. The van der Waals surface area contributed by atoms with Crippen LogP contribution in [0, 0.1) is 13.8 Å². The Kier molecular flexibility index (Phi) is 5.00. The average molecular weight is 509 g/mol. The van der Waals surface area contributed by atoms with Crippen LogP contribution in [0.2, 0.25) is 0 Å². The molecule has 188 valence electrons. The second kappa shape index (κ2) is 8.46. The van der Waals surface area contributed by atoms with Crippen molar-refractivity contribution < 1.29 is 9.59 Å². The molecule has 6 heteroatoms. The minimum absolute atomic E-state index is 0.157. The standard InChI is InChI=1S/C33H24N4O2/c1-19-9-8-10-20(2)29(19)37-28(36(3)32-33(37)35-27-14-7-6-13-26(27)34-32)16-15-23-30(38)24-17-21-11-4-5-12-22(21)18-25(24)31(23)39/h4-18H,1-3H3/b28-16+. The maximum Gasteiger partial charge on any atom is 0.197 e. The van der Waals surface area contributed by atoms with Crippen LogP contribution in [0.1, 0.15) is 31.8 Å². The summed E-state index contributed by atoms with van der Waals surface area (Å²) in [5, 5.41) is 1.88. The predicted octanol–water partition coefficient (Wildman–Crippen LogP) is 6.83. The molecule has 0 N–H and O–H groups in total. The Bertz CT molecular complexity index is 1880. The maximum absolute atomic E-state index is 13.4. The van der Waals surface area contributed by atoms with Crippen molar-refractivity contribution in [1.82, 2.24) is 9.97 Å². The van der Waals surface area contributed by atoms with Crippen LogP contribution >= 0.6 is 0 Å². The van der Waals surface area contributed by atoms with E-state index in [1.54, 1.807) is 6.08 Å². The summed E-state index contributed by atoms with van der Waals surface area (Å²) in [6, 6.07) is 25.4. The van der Waals surface area contributed by atoms with Crippen LogP contribution in [0.15, 0.2) is 102 Å². The van der Waals surface area contributed by atoms with E-state index in [-0.39, 0.29) is 17.1 Å². The first-order valence-electron chi connectivity index (χ1n) is 12.8. The molecule has 0 saturated heterocycles. The average Bonchev–Trinajstić information content (AvgIpc) is 3.33. The molecular formula is C33H24N4O2. The molecule has 1 aliphatic carbocycles. The van der Waals surface area contributed by atoms with Crippen molar-refractivity contribution >= 4 is 50.7 Å². The van der Waals surface area contributed by atoms with Gasteiger partial charge in [-0.2, -0.15) is 0 Å². The molecule has 0 bridgehead atoms. The summed E-state index contributed by atoms with van der Waals surface area (Å²) >= 11 is 0. The van der Waals surface area contributed by atoms with Crippen LogP contribution in [0.5, 0.6) is 0 Å². The number of para-hydroxylation sites is 3. The number of Topliss-reactive ketones (excluding diaryl/α,β-unsaturated/α-hetero) is 2. The lowest BCUT2D eigenvalue weighted by Gasteiger charge is -2.25. The highest BCUT2D eigenvalue weighted by atomic mass is 16.2. The molecule has 0 fully saturated rings. The van der Waals surface area contributed by atoms with E-state index < -0.39 is 0 Å². The lowest BCUT2D eigenvalue weighted by atomic mass is 10.0. The first-order chi connectivity index (χ1) is 18.9. The summed E-state index contributed by atoms with van der Waals surface area (Å²) in [5.41, 5.74) is 5.81. The molecule has 1 aromatic heterocycles. The van der Waals surface area contributed by atoms with Crippen molar-refractivity contribution in [3.05, 3.63) is 125 Å². The third kappa shape index (κ3) is 3.42. The first kappa shape index (κ1) is 23.0. The van der Waals surface area contributed by atoms with E-state index in [1.165, 1.54) is 0 Å². The minimum atomic E-state index is -0.253. The topological polar surface area (TPSA) is 66.4 Å². The molecule has 2 aliphatic rings. The van der Waals surface area contributed by atoms with E-state index in [0.29, 0.717) is 22.8 Å². The van der Waals surface area contributed by atoms with Crippen molar-refractivity contribution in [2.75, 3.05) is 16.8 Å². The second-order valence-electron chi connectivity index (χ2n) is 10.0. The minimum Gasteiger partial charge on any atom is -0.312 e. The number of fused-ring (bicyclic) bond motifs is 4. The quantitative estimate of drug-likeness (QED) is 0.192. The van der Waals surface area contributed by atoms with Crippen LogP contribution in [-0.4, -0.2) is 28.6 Å². The van der Waals surface area contributed by atoms with Crippen LogP contribution < -0.4 is 9.80 Å². The van der Waals surface area contributed by atoms with Crippen molar-refractivity contribution in [2.45, 2.75) is 13.8 Å². The monoisotopic (exact) mass is 508 g/mol. The normalized spacial score (nSPS) is 15.6. The van der Waals surface area contributed by atoms with Gasteiger partial charge in [-0.15, -0.1) is 0 Å². The first-order valence-corrected chi connectivity index (χ1v) is 12.8. The van der Waals surface area contributed by atoms with Gasteiger partial charge in [-0.1, -0.05) is 54.6 Å². The fourth-order valence-corrected chi connectivity index (χ4v) is 5.61. The number of aromatic nitrogens is 2. The molecule has 0 unspecified atom stereocenters. The van der Waals surface area contributed by atoms with Gasteiger partial charge in [0.15, 0.2) is 23.2 Å². The summed E-state index contributed by atoms with van der Waals surface area (Å²) in [6.07, 6.45) is 3.48. The van der Waals surface area contributed by atoms with Gasteiger partial charge in [0.2, 0.25) is 0 Å². The summed E-state index contributed by atoms with van der Waals surface area (Å²) in [7, 11) is 1.93. The Labute approximate surface area is 225 Å². The Hall–Kier alpha value is -5.10. The number of carbonyl (C=O) groups excluding carboxylic acids is 2. The van der Waals surface area contributed by atoms with Gasteiger partial charge in [0.05, 0.1) is 22.3 Å². The van der Waals surface area contributed by atoms with E-state index in [4.69, 9.17) is 9.97 Å². The molecule has 0 amide bonds. The van der Waals surface area contributed by atoms with E-state index in [9.17, 15) is 9.59 Å². The van der Waals surface area contributed by atoms with Crippen molar-refractivity contribution in [2.24, 2.45) is 0 Å². The number of ketones is 2. The zero-order valence-corrected chi connectivity index (χ0v) is 21.8. The van der Waals surface area contributed by atoms with Crippen LogP contribution in [0.25, 0.3) is 21.8 Å². The van der Waals surface area contributed by atoms with Gasteiger partial charge in [0, 0.05) is 18.2 Å². The molecule has 0 saturated carbocycles. The highest BCUT2D eigenvalue weighted by Crippen LogP contribution is 2.46. The van der Waals surface area contributed by atoms with E-state index in [2.05, 4.69) is 30.9 Å². The number of carbonyl (C=O) groups is 2. The van der Waals surface area contributed by atoms with Crippen molar-refractivity contribution in [3.8, 4) is 0 Å². The summed E-state index contributed by atoms with van der Waals surface area (Å²) in [6.45, 7) is 4.13. The Morgan fingerprint density at radius 3 is 1.79 bits per heavy atom. The number of rotatable bonds is 2. The predicted molar refractivity (Wildman–Crippen MR) is 155 cm³/mol. The molecule has 6 nitrogen and oxygen atoms in total. The Morgan fingerprint density at radius 1 is 0.667 bits per heavy atom. The number of allylic oxidation sites excluding steroid dienone is 3. The van der Waals surface area contributed by atoms with Gasteiger partial charge < -0.3 is 4.90 Å². The maximum atomic E-state index is 13.4. The van der Waals surface area contributed by atoms with Gasteiger partial charge in [-0.3, -0.25) is 14.5 Å². The molecule has 39 heavy (non-hydrogen) atoms. The highest BCUT2D eigenvalue weighted by molar-refractivity contribution is 6.40. The number of anilines is 3. The third-order valence-corrected chi connectivity index (χ3v) is 7.56. The zero-order chi connectivity index (χ0) is 26.8. The second-order valence-corrected chi connectivity index (χ2v) is 10.0. The SMILES string of the molecule is Cc1cccc(C)c1N1/C(=C/C=C2C(=O)c3cc4ccccc4cc3C2=O)N(C)c2nc3ccccc3nc21. The van der Waals surface area contributed by atoms with Gasteiger partial charge in [0.1, 0.15) is 5.82 Å². The van der Waals surface area contributed by atoms with E-state index in [1.807, 2.05) is 84.8 Å². The largest absolute Gasteiger partial charge is 0.312 e. The fraction of sp³-hybridized carbons (Fsp3) is 0.0909. The van der Waals surface area contributed by atoms with E-state index in [0.717, 1.165) is 44.4 Å². The smallest absolute Gasteiger partial charge is 0.197 e. The van der Waals surface area contributed by atoms with Crippen LogP contribution in [-0.2, 0) is 0 Å². The summed E-state index contributed by atoms with van der Waals surface area (Å²) in [4.78, 5) is 40.8. The lowest BCUT2D eigenvalue weighted by molar-refractivity contribution is 0.0989. The number of benzene rings is 4. The molecule has 4 aromatic carbocycles. The molecule has 5 aromatic rings. The molecule has 0 atom stereocenters.